The highest BCUT2D eigenvalue weighted by Crippen LogP contribution is 2.36. The van der Waals surface area contributed by atoms with Crippen LogP contribution in [0.5, 0.6) is 0 Å². The first-order chi connectivity index (χ1) is 15.6. The molecule has 0 aliphatic heterocycles. The first-order valence-electron chi connectivity index (χ1n) is 10.1. The highest BCUT2D eigenvalue weighted by atomic mass is 32.2. The van der Waals surface area contributed by atoms with Gasteiger partial charge in [-0.3, -0.25) is 4.72 Å². The summed E-state index contributed by atoms with van der Waals surface area (Å²) >= 11 is 0. The van der Waals surface area contributed by atoms with Crippen LogP contribution in [0.2, 0.25) is 0 Å². The van der Waals surface area contributed by atoms with Crippen molar-refractivity contribution in [1.82, 2.24) is 4.72 Å². The van der Waals surface area contributed by atoms with Gasteiger partial charge in [-0.2, -0.15) is 13.2 Å². The monoisotopic (exact) mass is 467 g/mol. The molecule has 1 N–H and O–H groups in total. The van der Waals surface area contributed by atoms with Gasteiger partial charge in [0.15, 0.2) is 0 Å². The average Bonchev–Trinajstić information content (AvgIpc) is 3.01. The molecule has 0 amide bonds. The smallest absolute Gasteiger partial charge is 0.286 e. The number of rotatable bonds is 5. The van der Waals surface area contributed by atoms with Crippen LogP contribution in [0.4, 0.5) is 13.2 Å². The van der Waals surface area contributed by atoms with E-state index < -0.39 is 21.8 Å². The van der Waals surface area contributed by atoms with E-state index in [0.29, 0.717) is 16.7 Å². The van der Waals surface area contributed by atoms with Crippen LogP contribution in [-0.4, -0.2) is 8.42 Å². The van der Waals surface area contributed by atoms with Gasteiger partial charge < -0.3 is 0 Å². The number of alkyl halides is 3. The fourth-order valence-corrected chi connectivity index (χ4v) is 4.43. The van der Waals surface area contributed by atoms with Gasteiger partial charge >= 0.3 is 6.18 Å². The van der Waals surface area contributed by atoms with Gasteiger partial charge in [0.05, 0.1) is 10.5 Å². The minimum atomic E-state index is -4.46. The largest absolute Gasteiger partial charge is 0.416 e. The van der Waals surface area contributed by atoms with Crippen molar-refractivity contribution < 1.29 is 21.6 Å². The summed E-state index contributed by atoms with van der Waals surface area (Å²) in [5, 5.41) is 0. The summed E-state index contributed by atoms with van der Waals surface area (Å²) in [4.78, 5) is 0.0925. The Morgan fingerprint density at radius 1 is 0.818 bits per heavy atom. The van der Waals surface area contributed by atoms with Crippen LogP contribution in [0.1, 0.15) is 22.3 Å². The van der Waals surface area contributed by atoms with Crippen molar-refractivity contribution in [2.75, 3.05) is 0 Å². The van der Waals surface area contributed by atoms with Gasteiger partial charge in [0.2, 0.25) is 0 Å². The van der Waals surface area contributed by atoms with Crippen LogP contribution < -0.4 is 4.72 Å². The molecule has 0 aromatic heterocycles. The van der Waals surface area contributed by atoms with Gasteiger partial charge in [0, 0.05) is 11.8 Å². The fraction of sp³-hybridized carbons (Fsp3) is 0.0769. The lowest BCUT2D eigenvalue weighted by molar-refractivity contribution is -0.137. The van der Waals surface area contributed by atoms with Crippen molar-refractivity contribution in [3.05, 3.63) is 119 Å². The normalized spacial score (nSPS) is 12.7. The molecular weight excluding hydrogens is 447 g/mol. The maximum atomic E-state index is 13.1. The van der Waals surface area contributed by atoms with Crippen molar-refractivity contribution in [1.29, 1.82) is 0 Å². The molecule has 7 heteroatoms. The zero-order valence-corrected chi connectivity index (χ0v) is 18.4. The molecule has 0 heterocycles. The molecule has 33 heavy (non-hydrogen) atoms. The van der Waals surface area contributed by atoms with Crippen LogP contribution in [0, 0.1) is 6.92 Å². The Labute approximate surface area is 190 Å². The van der Waals surface area contributed by atoms with Crippen molar-refractivity contribution >= 4 is 15.6 Å². The number of benzene rings is 2. The zero-order chi connectivity index (χ0) is 23.6. The molecule has 0 bridgehead atoms. The van der Waals surface area contributed by atoms with Gasteiger partial charge in [-0.25, -0.2) is 8.42 Å². The minimum absolute atomic E-state index is 0.0925. The summed E-state index contributed by atoms with van der Waals surface area (Å²) in [6.45, 7) is 1.85. The van der Waals surface area contributed by atoms with Crippen LogP contribution in [0.25, 0.3) is 16.7 Å². The molecule has 2 aliphatic rings. The van der Waals surface area contributed by atoms with Crippen molar-refractivity contribution in [2.45, 2.75) is 18.0 Å². The Hall–Kier alpha value is -3.58. The van der Waals surface area contributed by atoms with Gasteiger partial charge in [-0.05, 0) is 53.4 Å². The molecule has 2 aromatic carbocycles. The van der Waals surface area contributed by atoms with E-state index in [1.165, 1.54) is 30.5 Å². The molecule has 0 unspecified atom stereocenters. The molecule has 0 saturated carbocycles. The van der Waals surface area contributed by atoms with Crippen molar-refractivity contribution in [2.24, 2.45) is 0 Å². The number of fused-ring (bicyclic) bond motifs is 1. The van der Waals surface area contributed by atoms with E-state index in [1.54, 1.807) is 12.1 Å². The van der Waals surface area contributed by atoms with Crippen LogP contribution in [0.3, 0.4) is 0 Å². The van der Waals surface area contributed by atoms with E-state index >= 15 is 0 Å². The minimum Gasteiger partial charge on any atom is -0.286 e. The molecule has 0 saturated heterocycles. The third-order valence-electron chi connectivity index (χ3n) is 5.29. The van der Waals surface area contributed by atoms with Crippen molar-refractivity contribution in [3.8, 4) is 11.1 Å². The maximum absolute atomic E-state index is 13.1. The van der Waals surface area contributed by atoms with Crippen LogP contribution in [0.15, 0.2) is 102 Å². The predicted octanol–water partition coefficient (Wildman–Crippen LogP) is 6.49. The molecule has 0 radical (unpaired) electrons. The zero-order valence-electron chi connectivity index (χ0n) is 17.6. The van der Waals surface area contributed by atoms with Gasteiger partial charge in [-0.15, -0.1) is 0 Å². The summed E-state index contributed by atoms with van der Waals surface area (Å²) in [6, 6.07) is 24.2. The number of halogens is 3. The predicted molar refractivity (Wildman–Crippen MR) is 123 cm³/mol. The standard InChI is InChI=1S/C26H20F3NO2S/c1-18-7-14-22(15-8-18)33(31,32)30-17-25(20-9-12-21(13-10-20)26(27,28)29)24-16-11-19-5-3-2-4-6-23(19)24/h2-17,30H,1H3. The topological polar surface area (TPSA) is 46.2 Å². The Morgan fingerprint density at radius 3 is 2.15 bits per heavy atom. The number of hydrogen-bond acceptors (Lipinski definition) is 2. The Morgan fingerprint density at radius 2 is 1.48 bits per heavy atom. The molecule has 2 aliphatic carbocycles. The number of hydrogen-bond donors (Lipinski definition) is 1. The van der Waals surface area contributed by atoms with Gasteiger partial charge in [0.1, 0.15) is 0 Å². The molecule has 4 rings (SSSR count). The van der Waals surface area contributed by atoms with E-state index in [2.05, 4.69) is 4.72 Å². The lowest BCUT2D eigenvalue weighted by Gasteiger charge is -2.13. The summed E-state index contributed by atoms with van der Waals surface area (Å²) < 4.78 is 67.3. The Bertz CT molecular complexity index is 1370. The van der Waals surface area contributed by atoms with E-state index in [0.717, 1.165) is 28.8 Å². The molecule has 0 atom stereocenters. The third-order valence-corrected chi connectivity index (χ3v) is 6.62. The second-order valence-electron chi connectivity index (χ2n) is 7.59. The van der Waals surface area contributed by atoms with E-state index in [4.69, 9.17) is 0 Å². The maximum Gasteiger partial charge on any atom is 0.416 e. The van der Waals surface area contributed by atoms with Gasteiger partial charge in [-0.1, -0.05) is 72.3 Å². The summed E-state index contributed by atoms with van der Waals surface area (Å²) in [5.41, 5.74) is 3.53. The first-order valence-corrected chi connectivity index (χ1v) is 11.6. The second-order valence-corrected chi connectivity index (χ2v) is 9.31. The quantitative estimate of drug-likeness (QED) is 0.365. The SMILES string of the molecule is Cc1ccc(S(=O)(=O)NC=C(c2ccc(C(F)(F)F)cc2)c2ccc3cccccc2-3)cc1. The average molecular weight is 468 g/mol. The fourth-order valence-electron chi connectivity index (χ4n) is 3.53. The molecular formula is C26H20F3NO2S. The van der Waals surface area contributed by atoms with Crippen LogP contribution in [-0.2, 0) is 16.2 Å². The van der Waals surface area contributed by atoms with E-state index in [-0.39, 0.29) is 4.90 Å². The Balaban J connectivity index is 1.80. The third kappa shape index (κ3) is 4.93. The number of aryl methyl sites for hydroxylation is 1. The van der Waals surface area contributed by atoms with E-state index in [1.807, 2.05) is 49.4 Å². The van der Waals surface area contributed by atoms with Crippen LogP contribution >= 0.6 is 0 Å². The first kappa shape index (κ1) is 22.6. The lowest BCUT2D eigenvalue weighted by Crippen LogP contribution is -2.18. The molecule has 2 aromatic rings. The van der Waals surface area contributed by atoms with Gasteiger partial charge in [0.25, 0.3) is 10.0 Å². The van der Waals surface area contributed by atoms with Crippen molar-refractivity contribution in [3.63, 3.8) is 0 Å². The molecule has 0 spiro atoms. The summed E-state index contributed by atoms with van der Waals surface area (Å²) in [7, 11) is -3.88. The Kier molecular flexibility index (Phi) is 5.99. The number of nitrogens with one attached hydrogen (secondary N) is 1. The lowest BCUT2D eigenvalue weighted by atomic mass is 9.96. The molecule has 0 fully saturated rings. The molecule has 3 nitrogen and oxygen atoms in total. The summed E-state index contributed by atoms with van der Waals surface area (Å²) in [5.74, 6) is 0. The second kappa shape index (κ2) is 8.75. The summed E-state index contributed by atoms with van der Waals surface area (Å²) in [6.07, 6.45) is -3.13. The highest BCUT2D eigenvalue weighted by molar-refractivity contribution is 7.89. The highest BCUT2D eigenvalue weighted by Gasteiger charge is 2.30. The molecule has 168 valence electrons. The van der Waals surface area contributed by atoms with E-state index in [9.17, 15) is 21.6 Å². The number of sulfonamides is 1.